The molecule has 148 valence electrons. The number of thiazole rings is 1. The standard InChI is InChI=1S/C18H20N4O4S2/c1-21(28(24,25)14-6-5-9-19-12-14)13-17(23)22(10-11-26-2)18-20-15-7-3-4-8-16(15)27-18/h3-9,12H,10-11,13H2,1-2H3. The van der Waals surface area contributed by atoms with E-state index in [9.17, 15) is 13.2 Å². The lowest BCUT2D eigenvalue weighted by Gasteiger charge is -2.23. The van der Waals surface area contributed by atoms with Gasteiger partial charge >= 0.3 is 0 Å². The highest BCUT2D eigenvalue weighted by Crippen LogP contribution is 2.28. The van der Waals surface area contributed by atoms with Crippen LogP contribution < -0.4 is 4.90 Å². The predicted octanol–water partition coefficient (Wildman–Crippen LogP) is 1.99. The summed E-state index contributed by atoms with van der Waals surface area (Å²) in [6.45, 7) is 0.257. The number of hydrogen-bond acceptors (Lipinski definition) is 7. The molecule has 0 fully saturated rings. The Bertz CT molecular complexity index is 1020. The Morgan fingerprint density at radius 2 is 2.00 bits per heavy atom. The Hall–Kier alpha value is -2.40. The summed E-state index contributed by atoms with van der Waals surface area (Å²) in [5.41, 5.74) is 0.786. The fourth-order valence-electron chi connectivity index (χ4n) is 2.53. The summed E-state index contributed by atoms with van der Waals surface area (Å²) in [6, 6.07) is 10.6. The van der Waals surface area contributed by atoms with Gasteiger partial charge in [-0.2, -0.15) is 4.31 Å². The molecule has 28 heavy (non-hydrogen) atoms. The third-order valence-corrected chi connectivity index (χ3v) is 6.88. The summed E-state index contributed by atoms with van der Waals surface area (Å²) in [4.78, 5) is 22.8. The third kappa shape index (κ3) is 4.36. The van der Waals surface area contributed by atoms with E-state index < -0.39 is 10.0 Å². The molecule has 0 aliphatic heterocycles. The number of aromatic nitrogens is 2. The molecule has 0 bridgehead atoms. The van der Waals surface area contributed by atoms with Crippen molar-refractivity contribution in [2.45, 2.75) is 4.90 Å². The molecule has 0 N–H and O–H groups in total. The van der Waals surface area contributed by atoms with Crippen LogP contribution in [-0.4, -0.2) is 62.5 Å². The normalized spacial score (nSPS) is 11.8. The second-order valence-electron chi connectivity index (χ2n) is 5.95. The minimum Gasteiger partial charge on any atom is -0.383 e. The van der Waals surface area contributed by atoms with Crippen molar-refractivity contribution >= 4 is 42.6 Å². The van der Waals surface area contributed by atoms with Gasteiger partial charge in [0.15, 0.2) is 5.13 Å². The number of nitrogens with zero attached hydrogens (tertiary/aromatic N) is 4. The van der Waals surface area contributed by atoms with Crippen LogP contribution in [0.1, 0.15) is 0 Å². The van der Waals surface area contributed by atoms with Gasteiger partial charge in [-0.15, -0.1) is 0 Å². The van der Waals surface area contributed by atoms with E-state index in [4.69, 9.17) is 4.74 Å². The van der Waals surface area contributed by atoms with Crippen molar-refractivity contribution in [2.75, 3.05) is 38.8 Å². The van der Waals surface area contributed by atoms with Gasteiger partial charge < -0.3 is 4.74 Å². The van der Waals surface area contributed by atoms with Gasteiger partial charge in [0.2, 0.25) is 15.9 Å². The molecule has 0 saturated carbocycles. The fraction of sp³-hybridized carbons (Fsp3) is 0.278. The number of anilines is 1. The second kappa shape index (κ2) is 8.74. The lowest BCUT2D eigenvalue weighted by Crippen LogP contribution is -2.42. The fourth-order valence-corrected chi connectivity index (χ4v) is 4.62. The lowest BCUT2D eigenvalue weighted by atomic mass is 10.3. The third-order valence-electron chi connectivity index (χ3n) is 4.03. The van der Waals surface area contributed by atoms with E-state index in [1.807, 2.05) is 24.3 Å². The predicted molar refractivity (Wildman–Crippen MR) is 108 cm³/mol. The zero-order valence-electron chi connectivity index (χ0n) is 15.5. The zero-order valence-corrected chi connectivity index (χ0v) is 17.1. The summed E-state index contributed by atoms with van der Waals surface area (Å²) in [5, 5.41) is 0.510. The van der Waals surface area contributed by atoms with E-state index in [2.05, 4.69) is 9.97 Å². The molecule has 0 unspecified atom stereocenters. The van der Waals surface area contributed by atoms with Gasteiger partial charge in [0.1, 0.15) is 4.90 Å². The first-order valence-electron chi connectivity index (χ1n) is 8.44. The van der Waals surface area contributed by atoms with Crippen molar-refractivity contribution in [3.63, 3.8) is 0 Å². The number of carbonyl (C=O) groups excluding carboxylic acids is 1. The van der Waals surface area contributed by atoms with Crippen LogP contribution in [0.5, 0.6) is 0 Å². The summed E-state index contributed by atoms with van der Waals surface area (Å²) < 4.78 is 32.4. The van der Waals surface area contributed by atoms with E-state index in [1.54, 1.807) is 7.11 Å². The van der Waals surface area contributed by atoms with Crippen molar-refractivity contribution in [2.24, 2.45) is 0 Å². The lowest BCUT2D eigenvalue weighted by molar-refractivity contribution is -0.118. The molecule has 0 atom stereocenters. The van der Waals surface area contributed by atoms with Gasteiger partial charge in [0.25, 0.3) is 0 Å². The highest BCUT2D eigenvalue weighted by molar-refractivity contribution is 7.89. The maximum absolute atomic E-state index is 12.9. The summed E-state index contributed by atoms with van der Waals surface area (Å²) in [6.07, 6.45) is 2.75. The maximum atomic E-state index is 12.9. The average molecular weight is 421 g/mol. The van der Waals surface area contributed by atoms with Crippen LogP contribution in [0.3, 0.4) is 0 Å². The molecule has 1 aromatic carbocycles. The van der Waals surface area contributed by atoms with Crippen LogP contribution >= 0.6 is 11.3 Å². The molecule has 1 amide bonds. The molecule has 0 radical (unpaired) electrons. The van der Waals surface area contributed by atoms with Crippen molar-refractivity contribution in [3.05, 3.63) is 48.8 Å². The average Bonchev–Trinajstić information content (AvgIpc) is 3.12. The number of para-hydroxylation sites is 1. The van der Waals surface area contributed by atoms with Crippen LogP contribution in [0.2, 0.25) is 0 Å². The number of rotatable bonds is 8. The topological polar surface area (TPSA) is 92.7 Å². The zero-order chi connectivity index (χ0) is 20.1. The maximum Gasteiger partial charge on any atom is 0.244 e. The molecule has 3 rings (SSSR count). The number of fused-ring (bicyclic) bond motifs is 1. The number of benzene rings is 1. The van der Waals surface area contributed by atoms with Crippen molar-refractivity contribution in [1.29, 1.82) is 0 Å². The van der Waals surface area contributed by atoms with Gasteiger partial charge in [-0.3, -0.25) is 14.7 Å². The van der Waals surface area contributed by atoms with E-state index in [0.717, 1.165) is 14.5 Å². The van der Waals surface area contributed by atoms with Crippen LogP contribution in [0.4, 0.5) is 5.13 Å². The van der Waals surface area contributed by atoms with Gasteiger partial charge in [-0.05, 0) is 24.3 Å². The number of carbonyl (C=O) groups is 1. The van der Waals surface area contributed by atoms with Crippen molar-refractivity contribution in [1.82, 2.24) is 14.3 Å². The largest absolute Gasteiger partial charge is 0.383 e. The first-order chi connectivity index (χ1) is 13.4. The van der Waals surface area contributed by atoms with E-state index in [1.165, 1.54) is 47.8 Å². The van der Waals surface area contributed by atoms with Crippen LogP contribution in [0, 0.1) is 0 Å². The number of sulfonamides is 1. The second-order valence-corrected chi connectivity index (χ2v) is 9.01. The quantitative estimate of drug-likeness (QED) is 0.553. The number of amides is 1. The molecule has 2 aromatic heterocycles. The summed E-state index contributed by atoms with van der Waals surface area (Å²) in [7, 11) is -0.910. The number of methoxy groups -OCH3 is 1. The highest BCUT2D eigenvalue weighted by atomic mass is 32.2. The van der Waals surface area contributed by atoms with Gasteiger partial charge in [-0.25, -0.2) is 13.4 Å². The number of likely N-dealkylation sites (N-methyl/N-ethyl adjacent to an activating group) is 1. The van der Waals surface area contributed by atoms with Gasteiger partial charge in [-0.1, -0.05) is 23.5 Å². The Kier molecular flexibility index (Phi) is 6.35. The Morgan fingerprint density at radius 1 is 1.21 bits per heavy atom. The van der Waals surface area contributed by atoms with E-state index >= 15 is 0 Å². The number of hydrogen-bond donors (Lipinski definition) is 0. The summed E-state index contributed by atoms with van der Waals surface area (Å²) in [5.74, 6) is -0.383. The van der Waals surface area contributed by atoms with Gasteiger partial charge in [0, 0.05) is 26.6 Å². The molecular weight excluding hydrogens is 400 g/mol. The van der Waals surface area contributed by atoms with Crippen molar-refractivity contribution in [3.8, 4) is 0 Å². The van der Waals surface area contributed by atoms with Crippen LogP contribution in [0.25, 0.3) is 10.2 Å². The van der Waals surface area contributed by atoms with Gasteiger partial charge in [0.05, 0.1) is 29.9 Å². The minimum absolute atomic E-state index is 0.0359. The minimum atomic E-state index is -3.82. The Labute approximate surface area is 167 Å². The van der Waals surface area contributed by atoms with E-state index in [0.29, 0.717) is 11.7 Å². The van der Waals surface area contributed by atoms with Crippen LogP contribution in [0.15, 0.2) is 53.7 Å². The first-order valence-corrected chi connectivity index (χ1v) is 10.7. The number of pyridine rings is 1. The SMILES string of the molecule is COCCN(C(=O)CN(C)S(=O)(=O)c1cccnc1)c1nc2ccccc2s1. The molecule has 10 heteroatoms. The molecule has 0 aliphatic carbocycles. The molecule has 3 aromatic rings. The molecule has 0 aliphatic rings. The molecule has 0 spiro atoms. The number of ether oxygens (including phenoxy) is 1. The molecule has 0 saturated heterocycles. The highest BCUT2D eigenvalue weighted by Gasteiger charge is 2.27. The smallest absolute Gasteiger partial charge is 0.244 e. The van der Waals surface area contributed by atoms with Crippen molar-refractivity contribution < 1.29 is 17.9 Å². The summed E-state index contributed by atoms with van der Waals surface area (Å²) >= 11 is 1.38. The Balaban J connectivity index is 1.83. The van der Waals surface area contributed by atoms with E-state index in [-0.39, 0.29) is 23.9 Å². The monoisotopic (exact) mass is 420 g/mol. The molecule has 8 nitrogen and oxygen atoms in total. The molecule has 2 heterocycles. The molecular formula is C18H20N4O4S2. The first kappa shape index (κ1) is 20.3. The Morgan fingerprint density at radius 3 is 2.68 bits per heavy atom. The van der Waals surface area contributed by atoms with Crippen LogP contribution in [-0.2, 0) is 19.6 Å².